The molecule has 1 aliphatic carbocycles. The van der Waals surface area contributed by atoms with Crippen LogP contribution in [0.15, 0.2) is 18.2 Å². The zero-order chi connectivity index (χ0) is 18.0. The Morgan fingerprint density at radius 3 is 2.80 bits per heavy atom. The molecule has 5 heteroatoms. The van der Waals surface area contributed by atoms with Crippen molar-refractivity contribution in [3.05, 3.63) is 29.3 Å². The summed E-state index contributed by atoms with van der Waals surface area (Å²) in [6, 6.07) is 5.62. The molecule has 3 rings (SSSR count). The lowest BCUT2D eigenvalue weighted by atomic mass is 9.67. The van der Waals surface area contributed by atoms with E-state index < -0.39 is 0 Å². The largest absolute Gasteiger partial charge is 0.350 e. The molecule has 0 bridgehead atoms. The standard InChI is InChI=1S/C20H29N3O2/c1-13(2)22-18(24)17-8-7-16(10-14(17)3)23-19(25)20-9-5-4-6-15(20)11-21-12-20/h7-8,10,13,15,21H,4-6,9,11-12H2,1-3H3,(H,22,24)(H,23,25)/t15-,20+/m0/s1. The lowest BCUT2D eigenvalue weighted by Crippen LogP contribution is -2.44. The topological polar surface area (TPSA) is 70.2 Å². The number of benzene rings is 1. The first-order chi connectivity index (χ1) is 11.9. The van der Waals surface area contributed by atoms with Crippen molar-refractivity contribution in [2.45, 2.75) is 52.5 Å². The minimum atomic E-state index is -0.264. The maximum Gasteiger partial charge on any atom is 0.251 e. The number of amides is 2. The molecule has 0 unspecified atom stereocenters. The molecular formula is C20H29N3O2. The second-order valence-corrected chi connectivity index (χ2v) is 7.84. The van der Waals surface area contributed by atoms with Gasteiger partial charge in [-0.1, -0.05) is 12.8 Å². The Kier molecular flexibility index (Phi) is 5.13. The Morgan fingerprint density at radius 2 is 2.08 bits per heavy atom. The SMILES string of the molecule is Cc1cc(NC(=O)[C@@]23CCCC[C@H]2CNC3)ccc1C(=O)NC(C)C. The first-order valence-corrected chi connectivity index (χ1v) is 9.36. The van der Waals surface area contributed by atoms with Crippen molar-refractivity contribution in [2.24, 2.45) is 11.3 Å². The van der Waals surface area contributed by atoms with E-state index in [1.54, 1.807) is 6.07 Å². The van der Waals surface area contributed by atoms with Crippen LogP contribution in [0.25, 0.3) is 0 Å². The second-order valence-electron chi connectivity index (χ2n) is 7.84. The Hall–Kier alpha value is -1.88. The highest BCUT2D eigenvalue weighted by molar-refractivity contribution is 5.99. The monoisotopic (exact) mass is 343 g/mol. The molecule has 0 spiro atoms. The summed E-state index contributed by atoms with van der Waals surface area (Å²) >= 11 is 0. The summed E-state index contributed by atoms with van der Waals surface area (Å²) in [5.74, 6) is 0.496. The zero-order valence-corrected chi connectivity index (χ0v) is 15.4. The molecule has 1 aromatic rings. The molecule has 2 aliphatic rings. The summed E-state index contributed by atoms with van der Waals surface area (Å²) in [4.78, 5) is 25.2. The molecule has 136 valence electrons. The van der Waals surface area contributed by atoms with Gasteiger partial charge in [0.05, 0.1) is 5.41 Å². The highest BCUT2D eigenvalue weighted by Crippen LogP contribution is 2.44. The van der Waals surface area contributed by atoms with E-state index in [9.17, 15) is 9.59 Å². The van der Waals surface area contributed by atoms with Crippen molar-refractivity contribution in [1.29, 1.82) is 0 Å². The number of aryl methyl sites for hydroxylation is 1. The van der Waals surface area contributed by atoms with E-state index in [0.717, 1.165) is 43.6 Å². The molecule has 2 amide bonds. The Balaban J connectivity index is 1.74. The van der Waals surface area contributed by atoms with Crippen molar-refractivity contribution in [3.8, 4) is 0 Å². The van der Waals surface area contributed by atoms with Gasteiger partial charge in [0.1, 0.15) is 0 Å². The number of hydrogen-bond donors (Lipinski definition) is 3. The maximum atomic E-state index is 13.0. The quantitative estimate of drug-likeness (QED) is 0.787. The summed E-state index contributed by atoms with van der Waals surface area (Å²) in [7, 11) is 0. The predicted molar refractivity (Wildman–Crippen MR) is 99.7 cm³/mol. The van der Waals surface area contributed by atoms with Crippen molar-refractivity contribution < 1.29 is 9.59 Å². The van der Waals surface area contributed by atoms with Crippen molar-refractivity contribution in [2.75, 3.05) is 18.4 Å². The number of nitrogens with one attached hydrogen (secondary N) is 3. The van der Waals surface area contributed by atoms with E-state index in [1.165, 1.54) is 6.42 Å². The van der Waals surface area contributed by atoms with Gasteiger partial charge in [0, 0.05) is 23.8 Å². The molecule has 0 radical (unpaired) electrons. The summed E-state index contributed by atoms with van der Waals surface area (Å²) in [5, 5.41) is 9.43. The van der Waals surface area contributed by atoms with Crippen LogP contribution < -0.4 is 16.0 Å². The van der Waals surface area contributed by atoms with Gasteiger partial charge in [0.15, 0.2) is 0 Å². The summed E-state index contributed by atoms with van der Waals surface area (Å²) in [5.41, 5.74) is 2.04. The molecule has 1 heterocycles. The van der Waals surface area contributed by atoms with Crippen LogP contribution in [0.1, 0.15) is 55.5 Å². The normalized spacial score (nSPS) is 25.5. The van der Waals surface area contributed by atoms with Crippen LogP contribution in [-0.2, 0) is 4.79 Å². The summed E-state index contributed by atoms with van der Waals surface area (Å²) < 4.78 is 0. The fraction of sp³-hybridized carbons (Fsp3) is 0.600. The average molecular weight is 343 g/mol. The van der Waals surface area contributed by atoms with Gasteiger partial charge in [0.25, 0.3) is 5.91 Å². The van der Waals surface area contributed by atoms with Crippen LogP contribution in [0, 0.1) is 18.3 Å². The smallest absolute Gasteiger partial charge is 0.251 e. The van der Waals surface area contributed by atoms with Gasteiger partial charge in [-0.05, 0) is 69.8 Å². The number of carbonyl (C=O) groups is 2. The minimum absolute atomic E-state index is 0.0729. The van der Waals surface area contributed by atoms with Crippen molar-refractivity contribution >= 4 is 17.5 Å². The molecule has 1 saturated carbocycles. The Bertz CT molecular complexity index is 671. The van der Waals surface area contributed by atoms with Crippen molar-refractivity contribution in [3.63, 3.8) is 0 Å². The van der Waals surface area contributed by atoms with Crippen LogP contribution in [-0.4, -0.2) is 30.9 Å². The molecule has 2 fully saturated rings. The molecule has 25 heavy (non-hydrogen) atoms. The third kappa shape index (κ3) is 3.56. The summed E-state index contributed by atoms with van der Waals surface area (Å²) in [6.07, 6.45) is 4.44. The molecule has 3 N–H and O–H groups in total. The zero-order valence-electron chi connectivity index (χ0n) is 15.4. The summed E-state index contributed by atoms with van der Waals surface area (Å²) in [6.45, 7) is 7.51. The molecule has 1 aromatic carbocycles. The number of anilines is 1. The fourth-order valence-electron chi connectivity index (χ4n) is 4.28. The Morgan fingerprint density at radius 1 is 1.28 bits per heavy atom. The molecule has 5 nitrogen and oxygen atoms in total. The average Bonchev–Trinajstić information content (AvgIpc) is 2.99. The predicted octanol–water partition coefficient (Wildman–Crippen LogP) is 2.85. The Labute approximate surface area is 150 Å². The lowest BCUT2D eigenvalue weighted by molar-refractivity contribution is -0.128. The van der Waals surface area contributed by atoms with E-state index in [2.05, 4.69) is 16.0 Å². The first-order valence-electron chi connectivity index (χ1n) is 9.36. The van der Waals surface area contributed by atoms with Crippen LogP contribution in [0.5, 0.6) is 0 Å². The third-order valence-electron chi connectivity index (χ3n) is 5.64. The van der Waals surface area contributed by atoms with Gasteiger partial charge in [-0.25, -0.2) is 0 Å². The van der Waals surface area contributed by atoms with E-state index >= 15 is 0 Å². The van der Waals surface area contributed by atoms with E-state index in [4.69, 9.17) is 0 Å². The minimum Gasteiger partial charge on any atom is -0.350 e. The van der Waals surface area contributed by atoms with Gasteiger partial charge in [-0.15, -0.1) is 0 Å². The molecule has 0 aromatic heterocycles. The van der Waals surface area contributed by atoms with Gasteiger partial charge < -0.3 is 16.0 Å². The number of carbonyl (C=O) groups excluding carboxylic acids is 2. The van der Waals surface area contributed by atoms with Crippen LogP contribution >= 0.6 is 0 Å². The third-order valence-corrected chi connectivity index (χ3v) is 5.64. The van der Waals surface area contributed by atoms with E-state index in [-0.39, 0.29) is 23.3 Å². The van der Waals surface area contributed by atoms with Crippen molar-refractivity contribution in [1.82, 2.24) is 10.6 Å². The molecule has 1 aliphatic heterocycles. The van der Waals surface area contributed by atoms with E-state index in [0.29, 0.717) is 11.5 Å². The molecule has 2 atom stereocenters. The van der Waals surface area contributed by atoms with Gasteiger partial charge in [0.2, 0.25) is 5.91 Å². The lowest BCUT2D eigenvalue weighted by Gasteiger charge is -2.37. The number of hydrogen-bond acceptors (Lipinski definition) is 3. The van der Waals surface area contributed by atoms with Gasteiger partial charge in [-0.3, -0.25) is 9.59 Å². The molecule has 1 saturated heterocycles. The van der Waals surface area contributed by atoms with Gasteiger partial charge >= 0.3 is 0 Å². The van der Waals surface area contributed by atoms with Gasteiger partial charge in [-0.2, -0.15) is 0 Å². The number of rotatable bonds is 4. The van der Waals surface area contributed by atoms with Crippen LogP contribution in [0.4, 0.5) is 5.69 Å². The molecular weight excluding hydrogens is 314 g/mol. The second kappa shape index (κ2) is 7.16. The van der Waals surface area contributed by atoms with E-state index in [1.807, 2.05) is 32.9 Å². The first kappa shape index (κ1) is 17.9. The highest BCUT2D eigenvalue weighted by atomic mass is 16.2. The van der Waals surface area contributed by atoms with Crippen LogP contribution in [0.2, 0.25) is 0 Å². The maximum absolute atomic E-state index is 13.0. The highest BCUT2D eigenvalue weighted by Gasteiger charge is 2.49. The van der Waals surface area contributed by atoms with Crippen LogP contribution in [0.3, 0.4) is 0 Å². The fourth-order valence-corrected chi connectivity index (χ4v) is 4.28. The number of fused-ring (bicyclic) bond motifs is 1.